The number of halogens is 4. The van der Waals surface area contributed by atoms with Crippen LogP contribution in [0.2, 0.25) is 13.1 Å². The Bertz CT molecular complexity index is 1370. The second-order valence-corrected chi connectivity index (χ2v) is 13.4. The van der Waals surface area contributed by atoms with Crippen LogP contribution < -0.4 is 0 Å². The van der Waals surface area contributed by atoms with Crippen LogP contribution in [0.5, 0.6) is 0 Å². The summed E-state index contributed by atoms with van der Waals surface area (Å²) in [7, 11) is -2.67. The molecule has 0 N–H and O–H groups in total. The molecule has 174 valence electrons. The molecule has 1 aliphatic rings. The van der Waals surface area contributed by atoms with Gasteiger partial charge >= 0.3 is 0 Å². The van der Waals surface area contributed by atoms with Crippen molar-refractivity contribution in [2.45, 2.75) is 13.1 Å². The first-order chi connectivity index (χ1) is 16.8. The lowest BCUT2D eigenvalue weighted by Crippen LogP contribution is -2.28. The molecule has 0 bridgehead atoms. The molecule has 1 aliphatic heterocycles. The molecule has 0 atom stereocenters. The minimum Gasteiger partial charge on any atom is -0.204 e. The minimum absolute atomic E-state index is 0.588. The average Bonchev–Trinajstić information content (AvgIpc) is 3.11. The first-order valence-corrected chi connectivity index (χ1v) is 14.3. The van der Waals surface area contributed by atoms with Gasteiger partial charge in [0.05, 0.1) is 0 Å². The lowest BCUT2D eigenvalue weighted by Gasteiger charge is -2.26. The Hall–Kier alpha value is -3.70. The van der Waals surface area contributed by atoms with Gasteiger partial charge in [0, 0.05) is 0 Å². The fourth-order valence-electron chi connectivity index (χ4n) is 5.10. The zero-order chi connectivity index (χ0) is 24.7. The predicted octanol–water partition coefficient (Wildman–Crippen LogP) is 8.57. The Morgan fingerprint density at radius 3 is 1.14 bits per heavy atom. The van der Waals surface area contributed by atoms with Crippen LogP contribution in [-0.4, -0.2) is 8.07 Å². The van der Waals surface area contributed by atoms with Gasteiger partial charge in [-0.3, -0.25) is 0 Å². The molecule has 4 aromatic rings. The SMILES string of the molecule is C[Si]1(C)C(c2ccc(F)c(F)c2)=C(c2ccccc2)C(c2ccccc2)=C1c1ccc(F)c(F)c1. The van der Waals surface area contributed by atoms with Crippen LogP contribution in [0.25, 0.3) is 21.5 Å². The molecule has 0 aromatic heterocycles. The largest absolute Gasteiger partial charge is 0.204 e. The van der Waals surface area contributed by atoms with Crippen molar-refractivity contribution in [3.05, 3.63) is 143 Å². The Morgan fingerprint density at radius 1 is 0.429 bits per heavy atom. The molecule has 1 heterocycles. The molecule has 0 aliphatic carbocycles. The molecule has 0 saturated heterocycles. The summed E-state index contributed by atoms with van der Waals surface area (Å²) in [6, 6.07) is 27.4. The Balaban J connectivity index is 1.92. The van der Waals surface area contributed by atoms with E-state index in [-0.39, 0.29) is 0 Å². The average molecular weight is 487 g/mol. The normalized spacial score (nSPS) is 15.1. The Kier molecular flexibility index (Phi) is 5.81. The van der Waals surface area contributed by atoms with Gasteiger partial charge in [-0.05, 0) is 68.1 Å². The highest BCUT2D eigenvalue weighted by molar-refractivity contribution is 7.13. The summed E-state index contributed by atoms with van der Waals surface area (Å²) in [5, 5.41) is 1.84. The van der Waals surface area contributed by atoms with Gasteiger partial charge in [0.2, 0.25) is 0 Å². The van der Waals surface area contributed by atoms with E-state index in [1.165, 1.54) is 12.1 Å². The van der Waals surface area contributed by atoms with Crippen LogP contribution in [0, 0.1) is 23.3 Å². The van der Waals surface area contributed by atoms with E-state index < -0.39 is 31.3 Å². The van der Waals surface area contributed by atoms with E-state index in [1.807, 2.05) is 60.7 Å². The van der Waals surface area contributed by atoms with E-state index in [1.54, 1.807) is 12.1 Å². The second-order valence-electron chi connectivity index (χ2n) is 9.11. The molecule has 4 aromatic carbocycles. The maximum absolute atomic E-state index is 14.5. The first kappa shape index (κ1) is 23.1. The van der Waals surface area contributed by atoms with Crippen molar-refractivity contribution < 1.29 is 17.6 Å². The molecule has 35 heavy (non-hydrogen) atoms. The second kappa shape index (κ2) is 8.82. The number of hydrogen-bond donors (Lipinski definition) is 0. The summed E-state index contributed by atoms with van der Waals surface area (Å²) in [5.41, 5.74) is 4.82. The number of benzene rings is 4. The van der Waals surface area contributed by atoms with Gasteiger partial charge in [0.15, 0.2) is 23.3 Å². The standard InChI is InChI=1S/C30H22F4Si/c1-35(2)29(21-13-15-23(31)25(33)17-21)27(19-9-5-3-6-10-19)28(20-11-7-4-8-12-20)30(35)22-14-16-24(32)26(34)18-22/h3-18H,1-2H3. The molecule has 0 fully saturated rings. The van der Waals surface area contributed by atoms with Gasteiger partial charge in [0.25, 0.3) is 0 Å². The van der Waals surface area contributed by atoms with Crippen molar-refractivity contribution in [1.82, 2.24) is 0 Å². The number of hydrogen-bond acceptors (Lipinski definition) is 0. The van der Waals surface area contributed by atoms with Gasteiger partial charge < -0.3 is 0 Å². The third-order valence-electron chi connectivity index (χ3n) is 6.54. The van der Waals surface area contributed by atoms with Gasteiger partial charge in [-0.1, -0.05) is 85.9 Å². The summed E-state index contributed by atoms with van der Waals surface area (Å²) in [6.45, 7) is 4.22. The highest BCUT2D eigenvalue weighted by Crippen LogP contribution is 2.55. The molecular weight excluding hydrogens is 464 g/mol. The van der Waals surface area contributed by atoms with Gasteiger partial charge in [-0.15, -0.1) is 0 Å². The monoisotopic (exact) mass is 486 g/mol. The smallest absolute Gasteiger partial charge is 0.159 e. The number of rotatable bonds is 4. The maximum atomic E-state index is 14.5. The molecule has 0 saturated carbocycles. The quantitative estimate of drug-likeness (QED) is 0.200. The summed E-state index contributed by atoms with van der Waals surface area (Å²) in [6.07, 6.45) is 0. The number of allylic oxidation sites excluding steroid dienone is 2. The van der Waals surface area contributed by atoms with Crippen LogP contribution in [0.3, 0.4) is 0 Å². The molecule has 5 rings (SSSR count). The fraction of sp³-hybridized carbons (Fsp3) is 0.0667. The molecule has 0 unspecified atom stereocenters. The highest BCUT2D eigenvalue weighted by Gasteiger charge is 2.44. The predicted molar refractivity (Wildman–Crippen MR) is 137 cm³/mol. The summed E-state index contributed by atoms with van der Waals surface area (Å²) in [5.74, 6) is -3.67. The molecular formula is C30H22F4Si. The van der Waals surface area contributed by atoms with Crippen LogP contribution >= 0.6 is 0 Å². The zero-order valence-corrected chi connectivity index (χ0v) is 20.2. The molecule has 0 nitrogen and oxygen atoms in total. The minimum atomic E-state index is -2.67. The van der Waals surface area contributed by atoms with Crippen LogP contribution in [0.15, 0.2) is 97.1 Å². The summed E-state index contributed by atoms with van der Waals surface area (Å²) >= 11 is 0. The van der Waals surface area contributed by atoms with Crippen LogP contribution in [0.4, 0.5) is 17.6 Å². The van der Waals surface area contributed by atoms with E-state index in [0.717, 1.165) is 44.8 Å². The lowest BCUT2D eigenvalue weighted by atomic mass is 9.89. The Morgan fingerprint density at radius 2 is 0.800 bits per heavy atom. The fourth-order valence-corrected chi connectivity index (χ4v) is 8.89. The molecule has 0 radical (unpaired) electrons. The van der Waals surface area contributed by atoms with Gasteiger partial charge in [-0.25, -0.2) is 17.6 Å². The highest BCUT2D eigenvalue weighted by atomic mass is 28.3. The maximum Gasteiger partial charge on any atom is 0.159 e. The first-order valence-electron chi connectivity index (χ1n) is 11.3. The van der Waals surface area contributed by atoms with E-state index in [0.29, 0.717) is 11.1 Å². The van der Waals surface area contributed by atoms with E-state index in [4.69, 9.17) is 0 Å². The van der Waals surface area contributed by atoms with E-state index in [2.05, 4.69) is 13.1 Å². The third-order valence-corrected chi connectivity index (χ3v) is 10.1. The van der Waals surface area contributed by atoms with Crippen LogP contribution in [-0.2, 0) is 0 Å². The third kappa shape index (κ3) is 3.96. The van der Waals surface area contributed by atoms with Crippen LogP contribution in [0.1, 0.15) is 22.3 Å². The molecule has 0 amide bonds. The topological polar surface area (TPSA) is 0 Å². The summed E-state index contributed by atoms with van der Waals surface area (Å²) < 4.78 is 56.7. The van der Waals surface area contributed by atoms with Crippen molar-refractivity contribution in [2.75, 3.05) is 0 Å². The molecule has 0 spiro atoms. The van der Waals surface area contributed by atoms with Crippen molar-refractivity contribution in [3.8, 4) is 0 Å². The van der Waals surface area contributed by atoms with Gasteiger partial charge in [-0.2, -0.15) is 0 Å². The van der Waals surface area contributed by atoms with Crippen molar-refractivity contribution in [1.29, 1.82) is 0 Å². The van der Waals surface area contributed by atoms with Crippen molar-refractivity contribution in [3.63, 3.8) is 0 Å². The molecule has 5 heteroatoms. The van der Waals surface area contributed by atoms with E-state index in [9.17, 15) is 17.6 Å². The van der Waals surface area contributed by atoms with Crippen molar-refractivity contribution >= 4 is 29.6 Å². The lowest BCUT2D eigenvalue weighted by molar-refractivity contribution is 0.508. The zero-order valence-electron chi connectivity index (χ0n) is 19.2. The summed E-state index contributed by atoms with van der Waals surface area (Å²) in [4.78, 5) is 0. The van der Waals surface area contributed by atoms with Gasteiger partial charge in [0.1, 0.15) is 8.07 Å². The van der Waals surface area contributed by atoms with E-state index >= 15 is 0 Å². The Labute approximate surface area is 202 Å². The van der Waals surface area contributed by atoms with Crippen molar-refractivity contribution in [2.24, 2.45) is 0 Å².